The molecule has 3 rings (SSSR count). The van der Waals surface area contributed by atoms with E-state index in [0.29, 0.717) is 17.1 Å². The molecule has 0 saturated carbocycles. The van der Waals surface area contributed by atoms with E-state index in [-0.39, 0.29) is 11.4 Å². The van der Waals surface area contributed by atoms with Crippen LogP contribution in [0.5, 0.6) is 5.75 Å². The van der Waals surface area contributed by atoms with Crippen molar-refractivity contribution in [2.45, 2.75) is 13.3 Å². The van der Waals surface area contributed by atoms with Crippen LogP contribution >= 0.6 is 11.6 Å². The number of carbonyl (C=O) groups excluding carboxylic acids is 1. The van der Waals surface area contributed by atoms with Gasteiger partial charge in [0.2, 0.25) is 0 Å². The quantitative estimate of drug-likeness (QED) is 0.634. The second-order valence-electron chi connectivity index (χ2n) is 6.06. The number of ether oxygens (including phenoxy) is 1. The monoisotopic (exact) mass is 382 g/mol. The molecule has 0 saturated heterocycles. The molecule has 1 aromatic heterocycles. The molecule has 138 valence electrons. The predicted octanol–water partition coefficient (Wildman–Crippen LogP) is 3.82. The first kappa shape index (κ1) is 18.7. The Morgan fingerprint density at radius 1 is 1.30 bits per heavy atom. The number of methoxy groups -OCH3 is 1. The fourth-order valence-electron chi connectivity index (χ4n) is 2.71. The fraction of sp³-hybridized carbons (Fsp3) is 0.150. The zero-order valence-corrected chi connectivity index (χ0v) is 15.7. The Morgan fingerprint density at radius 2 is 2.04 bits per heavy atom. The molecule has 3 aromatic rings. The summed E-state index contributed by atoms with van der Waals surface area (Å²) < 4.78 is 5.31. The van der Waals surface area contributed by atoms with Gasteiger partial charge in [0.25, 0.3) is 5.91 Å². The summed E-state index contributed by atoms with van der Waals surface area (Å²) >= 11 is 5.91. The van der Waals surface area contributed by atoms with Crippen LogP contribution in [-0.2, 0) is 6.42 Å². The number of nitrogens with zero attached hydrogens (tertiary/aromatic N) is 2. The highest BCUT2D eigenvalue weighted by molar-refractivity contribution is 6.30. The summed E-state index contributed by atoms with van der Waals surface area (Å²) in [7, 11) is 1.62. The van der Waals surface area contributed by atoms with Crippen molar-refractivity contribution in [1.82, 2.24) is 10.2 Å². The number of aliphatic imine (C=N–C) groups is 1. The lowest BCUT2D eigenvalue weighted by Crippen LogP contribution is -2.13. The van der Waals surface area contributed by atoms with Gasteiger partial charge < -0.3 is 10.5 Å². The first-order chi connectivity index (χ1) is 13.0. The van der Waals surface area contributed by atoms with Crippen LogP contribution in [0, 0.1) is 6.92 Å². The Bertz CT molecular complexity index is 994. The Kier molecular flexibility index (Phi) is 5.57. The Hall–Kier alpha value is -3.12. The predicted molar refractivity (Wildman–Crippen MR) is 106 cm³/mol. The Morgan fingerprint density at radius 3 is 2.70 bits per heavy atom. The van der Waals surface area contributed by atoms with Crippen LogP contribution in [0.15, 0.2) is 47.5 Å². The van der Waals surface area contributed by atoms with E-state index in [1.54, 1.807) is 25.5 Å². The average Bonchev–Trinajstić information content (AvgIpc) is 3.05. The number of benzene rings is 2. The van der Waals surface area contributed by atoms with Gasteiger partial charge in [-0.2, -0.15) is 5.10 Å². The molecule has 1 heterocycles. The third-order valence-corrected chi connectivity index (χ3v) is 4.38. The van der Waals surface area contributed by atoms with Gasteiger partial charge in [0, 0.05) is 17.7 Å². The summed E-state index contributed by atoms with van der Waals surface area (Å²) in [6.07, 6.45) is 2.09. The van der Waals surface area contributed by atoms with E-state index in [1.165, 1.54) is 0 Å². The number of H-pyrrole nitrogens is 1. The fourth-order valence-corrected chi connectivity index (χ4v) is 2.83. The summed E-state index contributed by atoms with van der Waals surface area (Å²) in [5.41, 5.74) is 9.28. The summed E-state index contributed by atoms with van der Waals surface area (Å²) in [5, 5.41) is 7.66. The number of carbonyl (C=O) groups is 1. The van der Waals surface area contributed by atoms with Crippen LogP contribution in [0.1, 0.15) is 32.7 Å². The molecule has 2 aromatic carbocycles. The molecule has 0 unspecified atom stereocenters. The van der Waals surface area contributed by atoms with Gasteiger partial charge in [0.05, 0.1) is 12.8 Å². The molecule has 0 aliphatic carbocycles. The molecule has 3 N–H and O–H groups in total. The summed E-state index contributed by atoms with van der Waals surface area (Å²) in [4.78, 5) is 16.3. The summed E-state index contributed by atoms with van der Waals surface area (Å²) in [5.74, 6) is 0.437. The van der Waals surface area contributed by atoms with Crippen molar-refractivity contribution in [1.29, 1.82) is 0 Å². The number of hydrogen-bond donors (Lipinski definition) is 2. The summed E-state index contributed by atoms with van der Waals surface area (Å²) in [6.45, 7) is 1.96. The van der Waals surface area contributed by atoms with Crippen molar-refractivity contribution in [3.05, 3.63) is 75.4 Å². The van der Waals surface area contributed by atoms with E-state index in [2.05, 4.69) is 15.2 Å². The first-order valence-electron chi connectivity index (χ1n) is 8.28. The molecular formula is C20H19ClN4O2. The molecule has 0 bridgehead atoms. The minimum Gasteiger partial charge on any atom is -0.496 e. The van der Waals surface area contributed by atoms with Crippen molar-refractivity contribution in [3.63, 3.8) is 0 Å². The maximum Gasteiger partial charge on any atom is 0.254 e. The molecule has 0 aliphatic heterocycles. The zero-order chi connectivity index (χ0) is 19.4. The maximum absolute atomic E-state index is 12.0. The third kappa shape index (κ3) is 4.35. The highest BCUT2D eigenvalue weighted by Gasteiger charge is 2.18. The van der Waals surface area contributed by atoms with E-state index < -0.39 is 5.91 Å². The number of nitrogens with two attached hydrogens (primary N) is 1. The molecule has 0 aliphatic rings. The highest BCUT2D eigenvalue weighted by Crippen LogP contribution is 2.23. The van der Waals surface area contributed by atoms with E-state index in [4.69, 9.17) is 22.1 Å². The molecule has 7 heteroatoms. The molecule has 27 heavy (non-hydrogen) atoms. The molecule has 0 atom stereocenters. The van der Waals surface area contributed by atoms with Gasteiger partial charge >= 0.3 is 0 Å². The van der Waals surface area contributed by atoms with E-state index in [9.17, 15) is 4.79 Å². The average molecular weight is 383 g/mol. The number of primary amides is 1. The van der Waals surface area contributed by atoms with E-state index >= 15 is 0 Å². The van der Waals surface area contributed by atoms with Gasteiger partial charge in [0.15, 0.2) is 5.82 Å². The molecular weight excluding hydrogens is 364 g/mol. The van der Waals surface area contributed by atoms with Gasteiger partial charge in [-0.05, 0) is 41.8 Å². The molecule has 1 amide bonds. The van der Waals surface area contributed by atoms with Gasteiger partial charge in [-0.1, -0.05) is 35.9 Å². The number of aromatic amines is 1. The Labute approximate surface area is 162 Å². The van der Waals surface area contributed by atoms with Gasteiger partial charge in [-0.15, -0.1) is 0 Å². The van der Waals surface area contributed by atoms with Crippen LogP contribution in [-0.4, -0.2) is 29.4 Å². The standard InChI is InChI=1S/C20H19ClN4O2/c1-12-3-4-14(10-17(12)27-2)11-23-20-18(19(22)26)16(24-25-20)9-13-5-7-15(21)8-6-13/h3-8,10-11H,9H2,1-2H3,(H2,22,26)(H,24,25). The lowest BCUT2D eigenvalue weighted by Gasteiger charge is -2.04. The van der Waals surface area contributed by atoms with Crippen molar-refractivity contribution >= 4 is 29.5 Å². The largest absolute Gasteiger partial charge is 0.496 e. The van der Waals surface area contributed by atoms with E-state index in [1.807, 2.05) is 37.3 Å². The van der Waals surface area contributed by atoms with Crippen molar-refractivity contribution in [2.24, 2.45) is 10.7 Å². The van der Waals surface area contributed by atoms with Crippen molar-refractivity contribution < 1.29 is 9.53 Å². The number of amides is 1. The van der Waals surface area contributed by atoms with Crippen LogP contribution in [0.2, 0.25) is 5.02 Å². The van der Waals surface area contributed by atoms with Crippen LogP contribution in [0.4, 0.5) is 5.82 Å². The molecule has 6 nitrogen and oxygen atoms in total. The molecule has 0 fully saturated rings. The van der Waals surface area contributed by atoms with Gasteiger partial charge in [-0.25, -0.2) is 4.99 Å². The number of rotatable bonds is 6. The van der Waals surface area contributed by atoms with Crippen LogP contribution < -0.4 is 10.5 Å². The number of halogens is 1. The zero-order valence-electron chi connectivity index (χ0n) is 15.0. The first-order valence-corrected chi connectivity index (χ1v) is 8.66. The lowest BCUT2D eigenvalue weighted by atomic mass is 10.1. The number of nitrogens with one attached hydrogen (secondary N) is 1. The number of hydrogen-bond acceptors (Lipinski definition) is 4. The maximum atomic E-state index is 12.0. The number of aromatic nitrogens is 2. The molecule has 0 spiro atoms. The second-order valence-corrected chi connectivity index (χ2v) is 6.49. The second kappa shape index (κ2) is 8.05. The molecule has 0 radical (unpaired) electrons. The smallest absolute Gasteiger partial charge is 0.254 e. The van der Waals surface area contributed by atoms with Crippen LogP contribution in [0.3, 0.4) is 0 Å². The van der Waals surface area contributed by atoms with Gasteiger partial charge in [0.1, 0.15) is 11.3 Å². The summed E-state index contributed by atoms with van der Waals surface area (Å²) in [6, 6.07) is 13.1. The highest BCUT2D eigenvalue weighted by atomic mass is 35.5. The normalized spacial score (nSPS) is 11.1. The lowest BCUT2D eigenvalue weighted by molar-refractivity contribution is 0.100. The SMILES string of the molecule is COc1cc(C=Nc2n[nH]c(Cc3ccc(Cl)cc3)c2C(N)=O)ccc1C. The van der Waals surface area contributed by atoms with Crippen molar-refractivity contribution in [3.8, 4) is 5.75 Å². The van der Waals surface area contributed by atoms with Crippen molar-refractivity contribution in [2.75, 3.05) is 7.11 Å². The topological polar surface area (TPSA) is 93.4 Å². The number of aryl methyl sites for hydroxylation is 1. The van der Waals surface area contributed by atoms with Gasteiger partial charge in [-0.3, -0.25) is 9.89 Å². The van der Waals surface area contributed by atoms with E-state index in [0.717, 1.165) is 22.4 Å². The third-order valence-electron chi connectivity index (χ3n) is 4.13. The van der Waals surface area contributed by atoms with Crippen LogP contribution in [0.25, 0.3) is 0 Å². The Balaban J connectivity index is 1.89. The minimum absolute atomic E-state index is 0.256. The minimum atomic E-state index is -0.582.